The molecule has 0 fully saturated rings. The maximum Gasteiger partial charge on any atom is 0.297 e. The van der Waals surface area contributed by atoms with Gasteiger partial charge >= 0.3 is 0 Å². The van der Waals surface area contributed by atoms with Crippen molar-refractivity contribution in [2.24, 2.45) is 0 Å². The molecule has 1 unspecified atom stereocenters. The molecule has 8 heteroatoms. The fraction of sp³-hybridized carbons (Fsp3) is 0.357. The van der Waals surface area contributed by atoms with E-state index >= 15 is 0 Å². The van der Waals surface area contributed by atoms with Crippen LogP contribution >= 0.6 is 0 Å². The Morgan fingerprint density at radius 3 is 2.56 bits per heavy atom. The summed E-state index contributed by atoms with van der Waals surface area (Å²) in [6.07, 6.45) is 8.40. The highest BCUT2D eigenvalue weighted by molar-refractivity contribution is 7.86. The van der Waals surface area contributed by atoms with E-state index in [2.05, 4.69) is 31.7 Å². The summed E-state index contributed by atoms with van der Waals surface area (Å²) in [5.41, 5.74) is 10.7. The molecule has 2 aromatic carbocycles. The Morgan fingerprint density at radius 2 is 1.97 bits per heavy atom. The molecule has 0 aromatic heterocycles. The molecule has 0 bridgehead atoms. The lowest BCUT2D eigenvalue weighted by molar-refractivity contribution is 0.0741. The number of aryl methyl sites for hydroxylation is 1. The number of aliphatic hydroxyl groups excluding tert-OH is 1. The van der Waals surface area contributed by atoms with E-state index in [-0.39, 0.29) is 11.5 Å². The normalized spacial score (nSPS) is 17.2. The minimum absolute atomic E-state index is 0.0493. The van der Waals surface area contributed by atoms with Crippen LogP contribution in [0.25, 0.3) is 6.08 Å². The summed E-state index contributed by atoms with van der Waals surface area (Å²) in [5.74, 6) is 0.406. The van der Waals surface area contributed by atoms with Gasteiger partial charge in [0.2, 0.25) is 0 Å². The van der Waals surface area contributed by atoms with Crippen molar-refractivity contribution in [3.05, 3.63) is 83.5 Å². The highest BCUT2D eigenvalue weighted by Gasteiger charge is 2.20. The average molecular weight is 513 g/mol. The molecule has 0 spiro atoms. The number of nitrogen functional groups attached to an aromatic ring is 1. The second-order valence-corrected chi connectivity index (χ2v) is 10.9. The van der Waals surface area contributed by atoms with Crippen molar-refractivity contribution in [3.63, 3.8) is 0 Å². The molecule has 3 N–H and O–H groups in total. The molecule has 0 radical (unpaired) electrons. The third-order valence-electron chi connectivity index (χ3n) is 6.27. The van der Waals surface area contributed by atoms with E-state index in [4.69, 9.17) is 14.7 Å². The smallest absolute Gasteiger partial charge is 0.297 e. The van der Waals surface area contributed by atoms with Crippen LogP contribution in [0.5, 0.6) is 5.75 Å². The van der Waals surface area contributed by atoms with Gasteiger partial charge in [0.05, 0.1) is 11.5 Å². The number of hydrogen-bond acceptors (Lipinski definition) is 7. The molecule has 7 nitrogen and oxygen atoms in total. The summed E-state index contributed by atoms with van der Waals surface area (Å²) in [6, 6.07) is 12.1. The van der Waals surface area contributed by atoms with Gasteiger partial charge < -0.3 is 20.5 Å². The summed E-state index contributed by atoms with van der Waals surface area (Å²) in [5, 5.41) is 9.67. The second kappa shape index (κ2) is 12.4. The zero-order chi connectivity index (χ0) is 26.3. The summed E-state index contributed by atoms with van der Waals surface area (Å²) in [4.78, 5) is 2.31. The number of nitrogens with zero attached hydrogens (tertiary/aromatic N) is 1. The molecule has 0 heterocycles. The van der Waals surface area contributed by atoms with Crippen LogP contribution in [0, 0.1) is 6.92 Å². The molecule has 0 saturated carbocycles. The maximum absolute atomic E-state index is 12.4. The standard InChI is InChI=1S/C28H36N2O5S/c1-20-5-15-27(16-6-20)36(32,33)34-19-26(18-31)35-25-14-11-23(28(29)17-25)8-7-21(2)22-9-12-24(13-10-22)30(3)4/h5-9,11,14-17,24,26,31H,2,10,12-13,18-19,29H2,1,3-4H3/b8-7-/t24-,26?/m0/s1. The molecule has 0 aliphatic heterocycles. The van der Waals surface area contributed by atoms with Crippen LogP contribution in [0.1, 0.15) is 30.4 Å². The van der Waals surface area contributed by atoms with E-state index < -0.39 is 22.8 Å². The number of benzene rings is 2. The first-order valence-corrected chi connectivity index (χ1v) is 13.4. The first kappa shape index (κ1) is 27.7. The molecule has 2 aromatic rings. The minimum Gasteiger partial charge on any atom is -0.485 e. The van der Waals surface area contributed by atoms with Crippen molar-refractivity contribution in [3.8, 4) is 5.75 Å². The van der Waals surface area contributed by atoms with E-state index in [1.807, 2.05) is 25.1 Å². The van der Waals surface area contributed by atoms with Crippen LogP contribution in [-0.4, -0.2) is 57.9 Å². The number of hydrogen-bond donors (Lipinski definition) is 2. The Labute approximate surface area is 214 Å². The Balaban J connectivity index is 1.58. The van der Waals surface area contributed by atoms with Gasteiger partial charge in [-0.1, -0.05) is 42.5 Å². The summed E-state index contributed by atoms with van der Waals surface area (Å²) >= 11 is 0. The summed E-state index contributed by atoms with van der Waals surface area (Å²) in [7, 11) is 0.255. The van der Waals surface area contributed by atoms with Gasteiger partial charge in [-0.05, 0) is 81.3 Å². The van der Waals surface area contributed by atoms with Crippen LogP contribution in [0.2, 0.25) is 0 Å². The van der Waals surface area contributed by atoms with Gasteiger partial charge in [0.15, 0.2) is 0 Å². The highest BCUT2D eigenvalue weighted by Crippen LogP contribution is 2.28. The molecule has 1 aliphatic rings. The molecular weight excluding hydrogens is 476 g/mol. The molecule has 36 heavy (non-hydrogen) atoms. The van der Waals surface area contributed by atoms with Gasteiger partial charge in [0.25, 0.3) is 10.1 Å². The van der Waals surface area contributed by atoms with E-state index in [0.29, 0.717) is 17.5 Å². The summed E-state index contributed by atoms with van der Waals surface area (Å²) < 4.78 is 35.6. The van der Waals surface area contributed by atoms with Gasteiger partial charge in [-0.15, -0.1) is 0 Å². The third-order valence-corrected chi connectivity index (χ3v) is 7.57. The number of anilines is 1. The lowest BCUT2D eigenvalue weighted by atomic mass is 9.90. The van der Waals surface area contributed by atoms with Crippen LogP contribution in [-0.2, 0) is 14.3 Å². The van der Waals surface area contributed by atoms with Crippen LogP contribution < -0.4 is 10.5 Å². The molecule has 0 amide bonds. The molecule has 194 valence electrons. The van der Waals surface area contributed by atoms with Crippen molar-refractivity contribution in [2.75, 3.05) is 33.0 Å². The SMILES string of the molecule is C=C(/C=C\c1ccc(OC(CO)COS(=O)(=O)c2ccc(C)cc2)cc1N)C1=CC[C@H](N(C)C)CC1. The average Bonchev–Trinajstić information content (AvgIpc) is 2.86. The molecule has 3 rings (SSSR count). The Bertz CT molecular complexity index is 1220. The molecule has 2 atom stereocenters. The van der Waals surface area contributed by atoms with Gasteiger partial charge in [0, 0.05) is 17.8 Å². The number of ether oxygens (including phenoxy) is 1. The quantitative estimate of drug-likeness (QED) is 0.262. The fourth-order valence-corrected chi connectivity index (χ4v) is 4.85. The van der Waals surface area contributed by atoms with Crippen molar-refractivity contribution in [1.82, 2.24) is 4.90 Å². The first-order chi connectivity index (χ1) is 17.1. The zero-order valence-corrected chi connectivity index (χ0v) is 22.0. The van der Waals surface area contributed by atoms with Crippen LogP contribution in [0.4, 0.5) is 5.69 Å². The monoisotopic (exact) mass is 512 g/mol. The highest BCUT2D eigenvalue weighted by atomic mass is 32.2. The van der Waals surface area contributed by atoms with E-state index in [1.165, 1.54) is 17.7 Å². The predicted molar refractivity (Wildman–Crippen MR) is 144 cm³/mol. The van der Waals surface area contributed by atoms with Crippen molar-refractivity contribution in [2.45, 2.75) is 43.2 Å². The number of aliphatic hydroxyl groups is 1. The molecular formula is C28H36N2O5S. The zero-order valence-electron chi connectivity index (χ0n) is 21.2. The number of rotatable bonds is 11. The largest absolute Gasteiger partial charge is 0.485 e. The van der Waals surface area contributed by atoms with Crippen molar-refractivity contribution >= 4 is 21.9 Å². The summed E-state index contributed by atoms with van der Waals surface area (Å²) in [6.45, 7) is 5.31. The van der Waals surface area contributed by atoms with E-state index in [1.54, 1.807) is 24.3 Å². The maximum atomic E-state index is 12.4. The van der Waals surface area contributed by atoms with E-state index in [9.17, 15) is 13.5 Å². The van der Waals surface area contributed by atoms with Gasteiger partial charge in [-0.2, -0.15) is 8.42 Å². The number of allylic oxidation sites excluding steroid dienone is 3. The first-order valence-electron chi connectivity index (χ1n) is 11.9. The predicted octanol–water partition coefficient (Wildman–Crippen LogP) is 4.33. The van der Waals surface area contributed by atoms with Crippen molar-refractivity contribution < 1.29 is 22.4 Å². The second-order valence-electron chi connectivity index (χ2n) is 9.24. The number of nitrogens with two attached hydrogens (primary N) is 1. The van der Waals surface area contributed by atoms with Gasteiger partial charge in [0.1, 0.15) is 18.5 Å². The lowest BCUT2D eigenvalue weighted by Crippen LogP contribution is -2.29. The van der Waals surface area contributed by atoms with Crippen molar-refractivity contribution in [1.29, 1.82) is 0 Å². The Hall–Kier alpha value is -2.91. The topological polar surface area (TPSA) is 102 Å². The lowest BCUT2D eigenvalue weighted by Gasteiger charge is -2.27. The molecule has 1 aliphatic carbocycles. The van der Waals surface area contributed by atoms with Crippen LogP contribution in [0.15, 0.2) is 77.2 Å². The fourth-order valence-electron chi connectivity index (χ4n) is 3.91. The Kier molecular flexibility index (Phi) is 9.50. The Morgan fingerprint density at radius 1 is 1.25 bits per heavy atom. The van der Waals surface area contributed by atoms with Gasteiger partial charge in [-0.25, -0.2) is 0 Å². The third kappa shape index (κ3) is 7.54. The minimum atomic E-state index is -3.96. The molecule has 0 saturated heterocycles. The van der Waals surface area contributed by atoms with E-state index in [0.717, 1.165) is 36.0 Å². The van der Waals surface area contributed by atoms with Gasteiger partial charge in [-0.3, -0.25) is 4.18 Å². The van der Waals surface area contributed by atoms with Crippen LogP contribution in [0.3, 0.4) is 0 Å².